The van der Waals surface area contributed by atoms with Crippen molar-refractivity contribution in [2.24, 2.45) is 4.99 Å². The van der Waals surface area contributed by atoms with Gasteiger partial charge in [0.2, 0.25) is 5.95 Å². The van der Waals surface area contributed by atoms with Gasteiger partial charge < -0.3 is 15.5 Å². The van der Waals surface area contributed by atoms with Crippen molar-refractivity contribution in [3.63, 3.8) is 0 Å². The molecule has 1 aliphatic heterocycles. The highest BCUT2D eigenvalue weighted by Gasteiger charge is 2.21. The molecule has 0 unspecified atom stereocenters. The molecule has 1 saturated heterocycles. The molecule has 2 N–H and O–H groups in total. The van der Waals surface area contributed by atoms with Crippen molar-refractivity contribution in [1.82, 2.24) is 25.5 Å². The van der Waals surface area contributed by atoms with E-state index in [1.54, 1.807) is 24.5 Å². The van der Waals surface area contributed by atoms with Crippen molar-refractivity contribution < 1.29 is 4.39 Å². The van der Waals surface area contributed by atoms with Gasteiger partial charge in [-0.2, -0.15) is 0 Å². The second-order valence-electron chi connectivity index (χ2n) is 8.39. The van der Waals surface area contributed by atoms with Crippen LogP contribution in [0.3, 0.4) is 0 Å². The number of rotatable bonds is 8. The Kier molecular flexibility index (Phi) is 10.6. The second kappa shape index (κ2) is 12.9. The van der Waals surface area contributed by atoms with Gasteiger partial charge in [0.15, 0.2) is 5.96 Å². The number of aromatic nitrogens is 2. The molecule has 176 valence electrons. The molecule has 0 radical (unpaired) electrons. The molecule has 0 amide bonds. The summed E-state index contributed by atoms with van der Waals surface area (Å²) in [6, 6.07) is 8.62. The van der Waals surface area contributed by atoms with Crippen LogP contribution in [0.2, 0.25) is 0 Å². The molecule has 32 heavy (non-hydrogen) atoms. The van der Waals surface area contributed by atoms with Crippen molar-refractivity contribution in [2.45, 2.75) is 26.2 Å². The number of hydrogen-bond acceptors (Lipinski definition) is 5. The predicted octanol–water partition coefficient (Wildman–Crippen LogP) is 2.89. The van der Waals surface area contributed by atoms with E-state index in [4.69, 9.17) is 4.99 Å². The number of piperazine rings is 1. The monoisotopic (exact) mass is 555 g/mol. The first-order valence-electron chi connectivity index (χ1n) is 11.0. The van der Waals surface area contributed by atoms with Gasteiger partial charge in [-0.1, -0.05) is 26.0 Å². The maximum absolute atomic E-state index is 13.6. The van der Waals surface area contributed by atoms with E-state index in [2.05, 4.69) is 51.2 Å². The number of guanidine groups is 1. The van der Waals surface area contributed by atoms with E-state index < -0.39 is 0 Å². The average Bonchev–Trinajstić information content (AvgIpc) is 2.78. The number of hydrogen-bond donors (Lipinski definition) is 2. The molecule has 3 rings (SSSR count). The highest BCUT2D eigenvalue weighted by Crippen LogP contribution is 2.24. The summed E-state index contributed by atoms with van der Waals surface area (Å²) in [7, 11) is 0. The van der Waals surface area contributed by atoms with Gasteiger partial charge in [-0.3, -0.25) is 9.89 Å². The lowest BCUT2D eigenvalue weighted by Gasteiger charge is -2.34. The highest BCUT2D eigenvalue weighted by molar-refractivity contribution is 14.0. The minimum atomic E-state index is -0.250. The molecular formula is C23H35FIN7. The van der Waals surface area contributed by atoms with E-state index in [1.807, 2.05) is 12.1 Å². The summed E-state index contributed by atoms with van der Waals surface area (Å²) in [5.41, 5.74) is 0.702. The topological polar surface area (TPSA) is 68.7 Å². The first kappa shape index (κ1) is 26.2. The summed E-state index contributed by atoms with van der Waals surface area (Å²) in [6.45, 7) is 13.2. The van der Waals surface area contributed by atoms with Crippen molar-refractivity contribution in [3.8, 4) is 0 Å². The Labute approximate surface area is 207 Å². The second-order valence-corrected chi connectivity index (χ2v) is 8.39. The van der Waals surface area contributed by atoms with Crippen LogP contribution in [-0.4, -0.2) is 73.2 Å². The summed E-state index contributed by atoms with van der Waals surface area (Å²) in [6.07, 6.45) is 3.57. The molecule has 1 aliphatic rings. The number of benzene rings is 1. The largest absolute Gasteiger partial charge is 0.357 e. The van der Waals surface area contributed by atoms with Crippen LogP contribution in [0.15, 0.2) is 47.7 Å². The molecule has 1 fully saturated rings. The third kappa shape index (κ3) is 7.84. The van der Waals surface area contributed by atoms with Gasteiger partial charge in [0.05, 0.1) is 6.54 Å². The fourth-order valence-corrected chi connectivity index (χ4v) is 3.58. The van der Waals surface area contributed by atoms with Crippen molar-refractivity contribution in [2.75, 3.05) is 57.3 Å². The molecule has 0 aliphatic carbocycles. The molecule has 0 atom stereocenters. The zero-order valence-corrected chi connectivity index (χ0v) is 21.6. The molecule has 0 spiro atoms. The van der Waals surface area contributed by atoms with Gasteiger partial charge in [0, 0.05) is 63.6 Å². The molecule has 2 aromatic rings. The third-order valence-corrected chi connectivity index (χ3v) is 5.51. The normalized spacial score (nSPS) is 15.2. The van der Waals surface area contributed by atoms with E-state index >= 15 is 0 Å². The highest BCUT2D eigenvalue weighted by atomic mass is 127. The molecule has 0 saturated carbocycles. The van der Waals surface area contributed by atoms with Crippen molar-refractivity contribution in [3.05, 3.63) is 54.1 Å². The van der Waals surface area contributed by atoms with Crippen LogP contribution in [0, 0.1) is 5.82 Å². The van der Waals surface area contributed by atoms with Crippen LogP contribution < -0.4 is 15.5 Å². The van der Waals surface area contributed by atoms with Crippen LogP contribution in [0.1, 0.15) is 26.3 Å². The maximum atomic E-state index is 13.6. The molecule has 1 aromatic heterocycles. The summed E-state index contributed by atoms with van der Waals surface area (Å²) >= 11 is 0. The van der Waals surface area contributed by atoms with Crippen molar-refractivity contribution >= 4 is 35.9 Å². The molecule has 0 bridgehead atoms. The molecule has 1 aromatic carbocycles. The minimum Gasteiger partial charge on any atom is -0.357 e. The Morgan fingerprint density at radius 3 is 2.47 bits per heavy atom. The van der Waals surface area contributed by atoms with Gasteiger partial charge in [-0.15, -0.1) is 24.0 Å². The number of halogens is 2. The fraction of sp³-hybridized carbons (Fsp3) is 0.522. The number of nitrogens with one attached hydrogen (secondary N) is 2. The van der Waals surface area contributed by atoms with Gasteiger partial charge >= 0.3 is 0 Å². The zero-order chi connectivity index (χ0) is 22.1. The number of aliphatic imine (C=N–C) groups is 1. The van der Waals surface area contributed by atoms with E-state index in [1.165, 1.54) is 6.07 Å². The fourth-order valence-electron chi connectivity index (χ4n) is 3.58. The van der Waals surface area contributed by atoms with Crippen LogP contribution in [0.4, 0.5) is 10.3 Å². The van der Waals surface area contributed by atoms with E-state index in [9.17, 15) is 4.39 Å². The number of anilines is 1. The molecular weight excluding hydrogens is 520 g/mol. The van der Waals surface area contributed by atoms with E-state index in [0.717, 1.165) is 63.3 Å². The Balaban J connectivity index is 0.00000363. The summed E-state index contributed by atoms with van der Waals surface area (Å²) < 4.78 is 13.6. The van der Waals surface area contributed by atoms with Gasteiger partial charge in [-0.25, -0.2) is 14.4 Å². The summed E-state index contributed by atoms with van der Waals surface area (Å²) in [5, 5.41) is 6.74. The van der Waals surface area contributed by atoms with Gasteiger partial charge in [0.25, 0.3) is 0 Å². The lowest BCUT2D eigenvalue weighted by molar-refractivity contribution is 0.260. The maximum Gasteiger partial charge on any atom is 0.225 e. The van der Waals surface area contributed by atoms with E-state index in [0.29, 0.717) is 6.54 Å². The Morgan fingerprint density at radius 1 is 1.09 bits per heavy atom. The molecule has 9 heteroatoms. The Hall–Kier alpha value is -2.01. The van der Waals surface area contributed by atoms with Crippen LogP contribution in [-0.2, 0) is 5.41 Å². The van der Waals surface area contributed by atoms with Crippen molar-refractivity contribution in [1.29, 1.82) is 0 Å². The smallest absolute Gasteiger partial charge is 0.225 e. The lowest BCUT2D eigenvalue weighted by atomic mass is 9.85. The molecule has 2 heterocycles. The summed E-state index contributed by atoms with van der Waals surface area (Å²) in [4.78, 5) is 18.1. The quantitative estimate of drug-likeness (QED) is 0.297. The first-order valence-corrected chi connectivity index (χ1v) is 11.0. The zero-order valence-electron chi connectivity index (χ0n) is 19.2. The van der Waals surface area contributed by atoms with E-state index in [-0.39, 0.29) is 35.2 Å². The Bertz CT molecular complexity index is 839. The Morgan fingerprint density at radius 2 is 1.81 bits per heavy atom. The van der Waals surface area contributed by atoms with Gasteiger partial charge in [-0.05, 0) is 30.7 Å². The minimum absolute atomic E-state index is 0. The first-order chi connectivity index (χ1) is 15.0. The predicted molar refractivity (Wildman–Crippen MR) is 140 cm³/mol. The lowest BCUT2D eigenvalue weighted by Crippen LogP contribution is -2.49. The van der Waals surface area contributed by atoms with Gasteiger partial charge in [0.1, 0.15) is 5.82 Å². The van der Waals surface area contributed by atoms with Crippen LogP contribution in [0.5, 0.6) is 0 Å². The average molecular weight is 555 g/mol. The SMILES string of the molecule is CCNC(=NCC(C)(C)c1cccc(F)c1)NCCN1CCN(c2ncccn2)CC1.I. The number of nitrogens with zero attached hydrogens (tertiary/aromatic N) is 5. The van der Waals surface area contributed by atoms with Crippen LogP contribution >= 0.6 is 24.0 Å². The van der Waals surface area contributed by atoms with Crippen LogP contribution in [0.25, 0.3) is 0 Å². The standard InChI is InChI=1S/C23H34FN7.HI/c1-4-25-21(29-18-23(2,3)19-7-5-8-20(24)17-19)26-11-12-30-13-15-31(16-14-30)22-27-9-6-10-28-22;/h5-10,17H,4,11-16,18H2,1-3H3,(H2,25,26,29);1H. The summed E-state index contributed by atoms with van der Waals surface area (Å²) in [5.74, 6) is 1.39. The third-order valence-electron chi connectivity index (χ3n) is 5.51. The molecule has 7 nitrogen and oxygen atoms in total.